The molecule has 0 saturated heterocycles. The Kier molecular flexibility index (Phi) is 14.5. The summed E-state index contributed by atoms with van der Waals surface area (Å²) in [6.07, 6.45) is 0. The van der Waals surface area contributed by atoms with Crippen LogP contribution in [0.5, 0.6) is 0 Å². The van der Waals surface area contributed by atoms with Crippen LogP contribution in [-0.4, -0.2) is 17.8 Å². The Morgan fingerprint density at radius 3 is 1.75 bits per heavy atom. The zero-order chi connectivity index (χ0) is 6.99. The maximum Gasteiger partial charge on any atom is 0.313 e. The normalized spacial score (nSPS) is 6.50. The van der Waals surface area contributed by atoms with Gasteiger partial charge in [-0.05, 0) is 11.6 Å². The highest BCUT2D eigenvalue weighted by atomic mass is 35.5. The highest BCUT2D eigenvalue weighted by Crippen LogP contribution is 1.73. The molecular weight excluding hydrogens is 172 g/mol. The summed E-state index contributed by atoms with van der Waals surface area (Å²) in [7, 11) is 1.47. The third-order valence-corrected chi connectivity index (χ3v) is 0.386. The van der Waals surface area contributed by atoms with E-state index in [2.05, 4.69) is 5.32 Å². The van der Waals surface area contributed by atoms with Gasteiger partial charge in [-0.25, -0.2) is 0 Å². The summed E-state index contributed by atoms with van der Waals surface area (Å²) in [6.45, 7) is 0. The molecule has 0 unspecified atom stereocenters. The van der Waals surface area contributed by atoms with Gasteiger partial charge in [0.05, 0.1) is 5.34 Å². The first-order valence-corrected chi connectivity index (χ1v) is 3.12. The standard InChI is InChI=1S/C2H4ClNO.CH2Cl2/c1-4-2(3)5;2-1-3/h1H3,(H,4,5);1H2. The first kappa shape index (κ1) is 11.2. The van der Waals surface area contributed by atoms with Crippen molar-refractivity contribution >= 4 is 40.2 Å². The maximum atomic E-state index is 9.47. The Labute approximate surface area is 63.1 Å². The summed E-state index contributed by atoms with van der Waals surface area (Å²) in [4.78, 5) is 9.47. The molecule has 0 bridgehead atoms. The minimum atomic E-state index is -0.523. The van der Waals surface area contributed by atoms with E-state index in [0.29, 0.717) is 0 Å². The van der Waals surface area contributed by atoms with Crippen LogP contribution in [0.25, 0.3) is 0 Å². The van der Waals surface area contributed by atoms with Crippen LogP contribution in [0.4, 0.5) is 4.79 Å². The summed E-state index contributed by atoms with van der Waals surface area (Å²) >= 11 is 14.2. The van der Waals surface area contributed by atoms with Crippen molar-refractivity contribution < 1.29 is 4.79 Å². The first-order valence-electron chi connectivity index (χ1n) is 1.68. The van der Waals surface area contributed by atoms with Crippen LogP contribution in [0.3, 0.4) is 0 Å². The average molecular weight is 178 g/mol. The van der Waals surface area contributed by atoms with Crippen molar-refractivity contribution in [2.75, 3.05) is 12.4 Å². The molecule has 0 heterocycles. The van der Waals surface area contributed by atoms with E-state index in [1.54, 1.807) is 0 Å². The highest BCUT2D eigenvalue weighted by molar-refractivity contribution is 6.62. The van der Waals surface area contributed by atoms with Crippen LogP contribution in [0, 0.1) is 0 Å². The van der Waals surface area contributed by atoms with Gasteiger partial charge in [0.15, 0.2) is 0 Å². The molecule has 1 N–H and O–H groups in total. The van der Waals surface area contributed by atoms with E-state index in [1.165, 1.54) is 7.05 Å². The number of rotatable bonds is 0. The lowest BCUT2D eigenvalue weighted by Crippen LogP contribution is -2.06. The van der Waals surface area contributed by atoms with E-state index < -0.39 is 5.37 Å². The number of alkyl halides is 2. The fourth-order valence-corrected chi connectivity index (χ4v) is 0. The van der Waals surface area contributed by atoms with Gasteiger partial charge in [-0.3, -0.25) is 4.79 Å². The van der Waals surface area contributed by atoms with Crippen LogP contribution in [0.1, 0.15) is 0 Å². The van der Waals surface area contributed by atoms with E-state index in [-0.39, 0.29) is 5.34 Å². The number of hydrogen-bond acceptors (Lipinski definition) is 1. The smallest absolute Gasteiger partial charge is 0.313 e. The molecular formula is C3H6Cl3NO. The molecule has 0 fully saturated rings. The van der Waals surface area contributed by atoms with Crippen LogP contribution in [0.15, 0.2) is 0 Å². The topological polar surface area (TPSA) is 29.1 Å². The molecule has 0 atom stereocenters. The van der Waals surface area contributed by atoms with E-state index in [0.717, 1.165) is 0 Å². The Hall–Kier alpha value is 0.340. The van der Waals surface area contributed by atoms with Crippen LogP contribution in [-0.2, 0) is 0 Å². The van der Waals surface area contributed by atoms with E-state index in [4.69, 9.17) is 34.8 Å². The van der Waals surface area contributed by atoms with Gasteiger partial charge < -0.3 is 5.32 Å². The third kappa shape index (κ3) is 33.0. The van der Waals surface area contributed by atoms with Crippen molar-refractivity contribution in [2.45, 2.75) is 0 Å². The quantitative estimate of drug-likeness (QED) is 0.343. The van der Waals surface area contributed by atoms with E-state index >= 15 is 0 Å². The van der Waals surface area contributed by atoms with Crippen molar-refractivity contribution in [3.8, 4) is 0 Å². The van der Waals surface area contributed by atoms with Gasteiger partial charge in [0.2, 0.25) is 0 Å². The summed E-state index contributed by atoms with van der Waals surface area (Å²) in [6, 6.07) is 0. The number of carbonyl (C=O) groups is 1. The molecule has 8 heavy (non-hydrogen) atoms. The second-order valence-corrected chi connectivity index (χ2v) is 1.78. The Balaban J connectivity index is 0. The largest absolute Gasteiger partial charge is 0.346 e. The molecule has 0 rings (SSSR count). The maximum absolute atomic E-state index is 9.47. The molecule has 0 aromatic rings. The predicted molar refractivity (Wildman–Crippen MR) is 36.9 cm³/mol. The van der Waals surface area contributed by atoms with Crippen LogP contribution < -0.4 is 5.32 Å². The number of nitrogens with one attached hydrogen (secondary N) is 1. The Morgan fingerprint density at radius 2 is 1.75 bits per heavy atom. The predicted octanol–water partition coefficient (Wildman–Crippen LogP) is 1.99. The fraction of sp³-hybridized carbons (Fsp3) is 0.667. The zero-order valence-corrected chi connectivity index (χ0v) is 6.52. The SMILES string of the molecule is CNC(=O)Cl.ClCCl. The monoisotopic (exact) mass is 177 g/mol. The molecule has 1 amide bonds. The lowest BCUT2D eigenvalue weighted by atomic mass is 11.2. The lowest BCUT2D eigenvalue weighted by Gasteiger charge is -1.76. The number of halogens is 3. The summed E-state index contributed by atoms with van der Waals surface area (Å²) < 4.78 is 0. The molecule has 2 nitrogen and oxygen atoms in total. The van der Waals surface area contributed by atoms with Gasteiger partial charge in [-0.2, -0.15) is 0 Å². The summed E-state index contributed by atoms with van der Waals surface area (Å²) in [5.41, 5.74) is 0. The van der Waals surface area contributed by atoms with Gasteiger partial charge in [0.1, 0.15) is 0 Å². The molecule has 0 aromatic carbocycles. The summed E-state index contributed by atoms with van der Waals surface area (Å²) in [5, 5.41) is 1.83. The summed E-state index contributed by atoms with van der Waals surface area (Å²) in [5.74, 6) is 0. The molecule has 0 radical (unpaired) electrons. The molecule has 0 aliphatic heterocycles. The Morgan fingerprint density at radius 1 is 1.62 bits per heavy atom. The number of amides is 1. The van der Waals surface area contributed by atoms with Crippen molar-refractivity contribution in [1.82, 2.24) is 5.32 Å². The first-order chi connectivity index (χ1) is 3.68. The molecule has 0 spiro atoms. The van der Waals surface area contributed by atoms with Crippen molar-refractivity contribution in [3.05, 3.63) is 0 Å². The molecule has 0 saturated carbocycles. The van der Waals surface area contributed by atoms with Crippen LogP contribution >= 0.6 is 34.8 Å². The molecule has 50 valence electrons. The second-order valence-electron chi connectivity index (χ2n) is 0.625. The number of hydrogen-bond donors (Lipinski definition) is 1. The second kappa shape index (κ2) is 10.3. The molecule has 0 aliphatic rings. The molecule has 0 aromatic heterocycles. The fourth-order valence-electron chi connectivity index (χ4n) is 0. The van der Waals surface area contributed by atoms with Gasteiger partial charge >= 0.3 is 5.37 Å². The third-order valence-electron chi connectivity index (χ3n) is 0.197. The minimum Gasteiger partial charge on any atom is -0.346 e. The highest BCUT2D eigenvalue weighted by Gasteiger charge is 1.77. The van der Waals surface area contributed by atoms with E-state index in [1.807, 2.05) is 0 Å². The van der Waals surface area contributed by atoms with Gasteiger partial charge in [0, 0.05) is 7.05 Å². The Bertz CT molecular complexity index is 58.5. The van der Waals surface area contributed by atoms with Crippen LogP contribution in [0.2, 0.25) is 0 Å². The lowest BCUT2D eigenvalue weighted by molar-refractivity contribution is 0.261. The van der Waals surface area contributed by atoms with Crippen molar-refractivity contribution in [1.29, 1.82) is 0 Å². The van der Waals surface area contributed by atoms with Gasteiger partial charge in [-0.1, -0.05) is 0 Å². The van der Waals surface area contributed by atoms with Crippen molar-refractivity contribution in [2.24, 2.45) is 0 Å². The van der Waals surface area contributed by atoms with Gasteiger partial charge in [-0.15, -0.1) is 23.2 Å². The van der Waals surface area contributed by atoms with Gasteiger partial charge in [0.25, 0.3) is 0 Å². The molecule has 0 aliphatic carbocycles. The number of carbonyl (C=O) groups excluding carboxylic acids is 1. The zero-order valence-electron chi connectivity index (χ0n) is 4.25. The van der Waals surface area contributed by atoms with Crippen molar-refractivity contribution in [3.63, 3.8) is 0 Å². The minimum absolute atomic E-state index is 0.194. The molecule has 5 heteroatoms. The van der Waals surface area contributed by atoms with E-state index in [9.17, 15) is 4.79 Å². The average Bonchev–Trinajstić information content (AvgIpc) is 1.69.